The number of hydrogen-bond acceptors (Lipinski definition) is 1. The number of nitrogens with one attached hydrogen (secondary N) is 1. The van der Waals surface area contributed by atoms with E-state index in [9.17, 15) is 0 Å². The van der Waals surface area contributed by atoms with Gasteiger partial charge in [-0.3, -0.25) is 0 Å². The molecule has 106 valence electrons. The summed E-state index contributed by atoms with van der Waals surface area (Å²) in [4.78, 5) is 0. The first-order chi connectivity index (χ1) is 9.47. The van der Waals surface area contributed by atoms with Gasteiger partial charge in [0.15, 0.2) is 0 Å². The monoisotopic (exact) mass is 287 g/mol. The average molecular weight is 288 g/mol. The fourth-order valence-corrected chi connectivity index (χ4v) is 2.51. The van der Waals surface area contributed by atoms with Crippen molar-refractivity contribution in [3.63, 3.8) is 0 Å². The molecule has 2 aromatic rings. The van der Waals surface area contributed by atoms with Crippen LogP contribution >= 0.6 is 11.6 Å². The summed E-state index contributed by atoms with van der Waals surface area (Å²) >= 11 is 6.16. The molecule has 20 heavy (non-hydrogen) atoms. The molecular formula is C18H22ClN. The highest BCUT2D eigenvalue weighted by Gasteiger charge is 2.09. The molecule has 0 saturated heterocycles. The second-order valence-electron chi connectivity index (χ2n) is 5.66. The van der Waals surface area contributed by atoms with E-state index in [0.29, 0.717) is 6.04 Å². The molecule has 0 atom stereocenters. The molecule has 0 heterocycles. The van der Waals surface area contributed by atoms with Crippen LogP contribution in [0.2, 0.25) is 5.02 Å². The summed E-state index contributed by atoms with van der Waals surface area (Å²) in [5, 5.41) is 4.27. The first-order valence-corrected chi connectivity index (χ1v) is 7.44. The van der Waals surface area contributed by atoms with Gasteiger partial charge in [0, 0.05) is 17.6 Å². The largest absolute Gasteiger partial charge is 0.310 e. The molecule has 2 heteroatoms. The minimum absolute atomic E-state index is 0.459. The van der Waals surface area contributed by atoms with Gasteiger partial charge in [-0.15, -0.1) is 0 Å². The summed E-state index contributed by atoms with van der Waals surface area (Å²) in [5.74, 6) is 0. The molecule has 2 aromatic carbocycles. The van der Waals surface area contributed by atoms with E-state index in [1.807, 2.05) is 6.07 Å². The Kier molecular flexibility index (Phi) is 4.85. The van der Waals surface area contributed by atoms with E-state index in [4.69, 9.17) is 11.6 Å². The van der Waals surface area contributed by atoms with Crippen LogP contribution in [-0.2, 0) is 6.54 Å². The van der Waals surface area contributed by atoms with Crippen molar-refractivity contribution in [3.8, 4) is 11.1 Å². The second-order valence-corrected chi connectivity index (χ2v) is 6.09. The zero-order chi connectivity index (χ0) is 14.7. The van der Waals surface area contributed by atoms with Gasteiger partial charge in [0.05, 0.1) is 0 Å². The lowest BCUT2D eigenvalue weighted by Crippen LogP contribution is -2.22. The quantitative estimate of drug-likeness (QED) is 0.823. The van der Waals surface area contributed by atoms with Crippen LogP contribution in [0, 0.1) is 13.8 Å². The van der Waals surface area contributed by atoms with Gasteiger partial charge in [0.1, 0.15) is 0 Å². The Morgan fingerprint density at radius 1 is 1.00 bits per heavy atom. The molecule has 0 aliphatic rings. The summed E-state index contributed by atoms with van der Waals surface area (Å²) < 4.78 is 0. The SMILES string of the molecule is Cc1ccc(C)c(-c2ccc(Cl)cc2CNC(C)C)c1. The van der Waals surface area contributed by atoms with Crippen LogP contribution in [0.3, 0.4) is 0 Å². The van der Waals surface area contributed by atoms with Crippen molar-refractivity contribution in [1.29, 1.82) is 0 Å². The zero-order valence-electron chi connectivity index (χ0n) is 12.6. The molecule has 0 unspecified atom stereocenters. The summed E-state index contributed by atoms with van der Waals surface area (Å²) in [7, 11) is 0. The van der Waals surface area contributed by atoms with Crippen molar-refractivity contribution in [2.24, 2.45) is 0 Å². The number of aryl methyl sites for hydroxylation is 2. The van der Waals surface area contributed by atoms with Gasteiger partial charge >= 0.3 is 0 Å². The second kappa shape index (κ2) is 6.43. The maximum absolute atomic E-state index is 6.16. The number of benzene rings is 2. The lowest BCUT2D eigenvalue weighted by molar-refractivity contribution is 0.589. The maximum atomic E-state index is 6.16. The molecule has 1 nitrogen and oxygen atoms in total. The van der Waals surface area contributed by atoms with Gasteiger partial charge < -0.3 is 5.32 Å². The van der Waals surface area contributed by atoms with Crippen LogP contribution in [-0.4, -0.2) is 6.04 Å². The highest BCUT2D eigenvalue weighted by atomic mass is 35.5. The summed E-state index contributed by atoms with van der Waals surface area (Å²) in [6.45, 7) is 9.43. The third kappa shape index (κ3) is 3.62. The first-order valence-electron chi connectivity index (χ1n) is 7.07. The van der Waals surface area contributed by atoms with Crippen LogP contribution < -0.4 is 5.32 Å². The molecule has 1 N–H and O–H groups in total. The molecule has 0 fully saturated rings. The van der Waals surface area contributed by atoms with Gasteiger partial charge in [-0.25, -0.2) is 0 Å². The van der Waals surface area contributed by atoms with E-state index in [1.54, 1.807) is 0 Å². The lowest BCUT2D eigenvalue weighted by Gasteiger charge is -2.15. The molecule has 0 amide bonds. The van der Waals surface area contributed by atoms with Crippen LogP contribution in [0.15, 0.2) is 36.4 Å². The number of rotatable bonds is 4. The molecule has 0 saturated carbocycles. The number of hydrogen-bond donors (Lipinski definition) is 1. The predicted octanol–water partition coefficient (Wildman–Crippen LogP) is 5.12. The first kappa shape index (κ1) is 15.1. The summed E-state index contributed by atoms with van der Waals surface area (Å²) in [5.41, 5.74) is 6.39. The molecule has 2 rings (SSSR count). The molecular weight excluding hydrogens is 266 g/mol. The van der Waals surface area contributed by atoms with Gasteiger partial charge in [0.2, 0.25) is 0 Å². The van der Waals surface area contributed by atoms with Crippen molar-refractivity contribution in [3.05, 3.63) is 58.1 Å². The smallest absolute Gasteiger partial charge is 0.0409 e. The van der Waals surface area contributed by atoms with Gasteiger partial charge in [-0.05, 0) is 48.2 Å². The minimum Gasteiger partial charge on any atom is -0.310 e. The van der Waals surface area contributed by atoms with E-state index in [0.717, 1.165) is 11.6 Å². The molecule has 0 radical (unpaired) electrons. The van der Waals surface area contributed by atoms with Crippen molar-refractivity contribution in [2.75, 3.05) is 0 Å². The Morgan fingerprint density at radius 2 is 1.75 bits per heavy atom. The minimum atomic E-state index is 0.459. The Bertz CT molecular complexity index is 602. The maximum Gasteiger partial charge on any atom is 0.0409 e. The van der Waals surface area contributed by atoms with Gasteiger partial charge in [-0.2, -0.15) is 0 Å². The summed E-state index contributed by atoms with van der Waals surface area (Å²) in [6, 6.07) is 13.2. The average Bonchev–Trinajstić information content (AvgIpc) is 2.39. The van der Waals surface area contributed by atoms with Gasteiger partial charge in [-0.1, -0.05) is 55.3 Å². The molecule has 0 aliphatic heterocycles. The lowest BCUT2D eigenvalue weighted by atomic mass is 9.94. The Morgan fingerprint density at radius 3 is 2.45 bits per heavy atom. The van der Waals surface area contributed by atoms with Crippen molar-refractivity contribution in [1.82, 2.24) is 5.32 Å². The Balaban J connectivity index is 2.47. The number of halogens is 1. The molecule has 0 aromatic heterocycles. The third-order valence-electron chi connectivity index (χ3n) is 3.45. The standard InChI is InChI=1S/C18H22ClN/c1-12(2)20-11-15-10-16(19)7-8-17(15)18-9-13(3)5-6-14(18)4/h5-10,12,20H,11H2,1-4H3. The summed E-state index contributed by atoms with van der Waals surface area (Å²) in [6.07, 6.45) is 0. The van der Waals surface area contributed by atoms with E-state index in [2.05, 4.69) is 63.3 Å². The molecule has 0 spiro atoms. The predicted molar refractivity (Wildman–Crippen MR) is 88.3 cm³/mol. The fraction of sp³-hybridized carbons (Fsp3) is 0.333. The molecule has 0 aliphatic carbocycles. The van der Waals surface area contributed by atoms with Crippen LogP contribution in [0.1, 0.15) is 30.5 Å². The highest BCUT2D eigenvalue weighted by Crippen LogP contribution is 2.30. The van der Waals surface area contributed by atoms with Crippen LogP contribution in [0.5, 0.6) is 0 Å². The van der Waals surface area contributed by atoms with Crippen LogP contribution in [0.25, 0.3) is 11.1 Å². The van der Waals surface area contributed by atoms with E-state index in [-0.39, 0.29) is 0 Å². The normalized spacial score (nSPS) is 11.1. The van der Waals surface area contributed by atoms with E-state index in [1.165, 1.54) is 27.8 Å². The van der Waals surface area contributed by atoms with Crippen molar-refractivity contribution < 1.29 is 0 Å². The van der Waals surface area contributed by atoms with Crippen molar-refractivity contribution in [2.45, 2.75) is 40.3 Å². The Labute approximate surface area is 127 Å². The highest BCUT2D eigenvalue weighted by molar-refractivity contribution is 6.30. The topological polar surface area (TPSA) is 12.0 Å². The third-order valence-corrected chi connectivity index (χ3v) is 3.69. The molecule has 0 bridgehead atoms. The van der Waals surface area contributed by atoms with E-state index >= 15 is 0 Å². The van der Waals surface area contributed by atoms with E-state index < -0.39 is 0 Å². The van der Waals surface area contributed by atoms with Crippen LogP contribution in [0.4, 0.5) is 0 Å². The zero-order valence-corrected chi connectivity index (χ0v) is 13.4. The van der Waals surface area contributed by atoms with Crippen molar-refractivity contribution >= 4 is 11.6 Å². The fourth-order valence-electron chi connectivity index (χ4n) is 2.31. The Hall–Kier alpha value is -1.31. The van der Waals surface area contributed by atoms with Gasteiger partial charge in [0.25, 0.3) is 0 Å².